The molecule has 0 spiro atoms. The maximum atomic E-state index is 5.53. The molecule has 2 saturated heterocycles. The molecule has 0 radical (unpaired) electrons. The minimum absolute atomic E-state index is 1.20. The molecule has 0 atom stereocenters. The van der Waals surface area contributed by atoms with E-state index in [2.05, 4.69) is 14.4 Å². The lowest BCUT2D eigenvalue weighted by Gasteiger charge is -2.22. The van der Waals surface area contributed by atoms with Gasteiger partial charge < -0.3 is 0 Å². The smallest absolute Gasteiger partial charge is 0.142 e. The van der Waals surface area contributed by atoms with Gasteiger partial charge in [-0.1, -0.05) is 0 Å². The molecule has 2 heterocycles. The molecule has 0 aromatic rings. The zero-order chi connectivity index (χ0) is 7.19. The predicted octanol–water partition coefficient (Wildman–Crippen LogP) is 0.0615. The van der Waals surface area contributed by atoms with Crippen molar-refractivity contribution in [3.63, 3.8) is 0 Å². The van der Waals surface area contributed by atoms with E-state index >= 15 is 0 Å². The Morgan fingerprint density at radius 1 is 1.20 bits per heavy atom. The summed E-state index contributed by atoms with van der Waals surface area (Å²) in [5.41, 5.74) is 0. The van der Waals surface area contributed by atoms with Gasteiger partial charge >= 0.3 is 0 Å². The van der Waals surface area contributed by atoms with Gasteiger partial charge in [0.15, 0.2) is 0 Å². The molecule has 0 aliphatic carbocycles. The van der Waals surface area contributed by atoms with Crippen molar-refractivity contribution in [2.45, 2.75) is 0 Å². The van der Waals surface area contributed by atoms with Crippen molar-refractivity contribution < 1.29 is 0 Å². The molecule has 0 unspecified atom stereocenters. The van der Waals surface area contributed by atoms with E-state index in [9.17, 15) is 0 Å². The first-order valence-corrected chi connectivity index (χ1v) is 6.28. The Morgan fingerprint density at radius 2 is 1.60 bits per heavy atom. The van der Waals surface area contributed by atoms with Crippen LogP contribution in [0.3, 0.4) is 0 Å². The monoisotopic (exact) mass is 177 g/mol. The molecule has 2 aliphatic rings. The number of nitrogens with zero attached hydrogens (tertiary/aromatic N) is 2. The summed E-state index contributed by atoms with van der Waals surface area (Å²) in [5.74, 6) is 0. The maximum Gasteiger partial charge on any atom is 0.142 e. The molecule has 0 amide bonds. The van der Waals surface area contributed by atoms with Crippen molar-refractivity contribution in [1.29, 1.82) is 0 Å². The Morgan fingerprint density at radius 3 is 1.80 bits per heavy atom. The summed E-state index contributed by atoms with van der Waals surface area (Å²) in [5, 5.41) is 3.28. The van der Waals surface area contributed by atoms with Crippen LogP contribution in [-0.4, -0.2) is 42.6 Å². The minimum Gasteiger partial charge on any atom is -0.268 e. The second-order valence-corrected chi connectivity index (χ2v) is 6.87. The SMILES string of the molecule is CNP(=S)(N1CC1)N1CC1. The van der Waals surface area contributed by atoms with Crippen molar-refractivity contribution in [3.05, 3.63) is 0 Å². The highest BCUT2D eigenvalue weighted by Crippen LogP contribution is 2.56. The van der Waals surface area contributed by atoms with Gasteiger partial charge in [0, 0.05) is 26.2 Å². The summed E-state index contributed by atoms with van der Waals surface area (Å²) in [4.78, 5) is 0. The average molecular weight is 177 g/mol. The van der Waals surface area contributed by atoms with Crippen LogP contribution in [0.2, 0.25) is 0 Å². The lowest BCUT2D eigenvalue weighted by atomic mass is 11.0. The van der Waals surface area contributed by atoms with Crippen LogP contribution in [0.4, 0.5) is 0 Å². The molecule has 2 fully saturated rings. The van der Waals surface area contributed by atoms with E-state index in [1.54, 1.807) is 0 Å². The molecule has 2 rings (SSSR count). The summed E-state index contributed by atoms with van der Waals surface area (Å²) >= 11 is 5.53. The fourth-order valence-corrected chi connectivity index (χ4v) is 4.26. The van der Waals surface area contributed by atoms with Gasteiger partial charge in [-0.05, 0) is 18.9 Å². The molecular formula is C5H12N3PS. The lowest BCUT2D eigenvalue weighted by Crippen LogP contribution is -2.16. The van der Waals surface area contributed by atoms with Crippen LogP contribution in [-0.2, 0) is 11.8 Å². The second-order valence-electron chi connectivity index (χ2n) is 2.67. The molecule has 5 heteroatoms. The Labute approximate surface area is 66.5 Å². The van der Waals surface area contributed by atoms with Gasteiger partial charge in [-0.2, -0.15) is 0 Å². The van der Waals surface area contributed by atoms with Gasteiger partial charge in [0.1, 0.15) is 6.49 Å². The third kappa shape index (κ3) is 1.04. The van der Waals surface area contributed by atoms with E-state index in [1.165, 1.54) is 26.2 Å². The van der Waals surface area contributed by atoms with Gasteiger partial charge in [-0.15, -0.1) is 0 Å². The minimum atomic E-state index is -1.37. The van der Waals surface area contributed by atoms with Gasteiger partial charge in [0.25, 0.3) is 0 Å². The van der Waals surface area contributed by atoms with Crippen molar-refractivity contribution in [1.82, 2.24) is 14.4 Å². The Hall–Kier alpha value is 0.530. The van der Waals surface area contributed by atoms with E-state index < -0.39 is 6.49 Å². The van der Waals surface area contributed by atoms with E-state index in [4.69, 9.17) is 11.8 Å². The first-order valence-electron chi connectivity index (χ1n) is 3.57. The Kier molecular flexibility index (Phi) is 1.62. The Bertz CT molecular complexity index is 171. The number of rotatable bonds is 3. The molecule has 58 valence electrons. The molecule has 0 saturated carbocycles. The molecule has 2 aliphatic heterocycles. The van der Waals surface area contributed by atoms with Crippen LogP contribution >= 0.6 is 6.49 Å². The lowest BCUT2D eigenvalue weighted by molar-refractivity contribution is 0.767. The van der Waals surface area contributed by atoms with Gasteiger partial charge in [0.05, 0.1) is 0 Å². The average Bonchev–Trinajstić information content (AvgIpc) is 2.73. The van der Waals surface area contributed by atoms with Crippen LogP contribution in [0.5, 0.6) is 0 Å². The van der Waals surface area contributed by atoms with Crippen LogP contribution in [0.25, 0.3) is 0 Å². The molecule has 0 aromatic carbocycles. The third-order valence-corrected chi connectivity index (χ3v) is 6.75. The summed E-state index contributed by atoms with van der Waals surface area (Å²) in [6, 6.07) is 0. The van der Waals surface area contributed by atoms with E-state index in [0.717, 1.165) is 0 Å². The van der Waals surface area contributed by atoms with Crippen LogP contribution < -0.4 is 5.09 Å². The van der Waals surface area contributed by atoms with Crippen molar-refractivity contribution in [3.8, 4) is 0 Å². The molecule has 0 bridgehead atoms. The molecule has 10 heavy (non-hydrogen) atoms. The highest BCUT2D eigenvalue weighted by molar-refractivity contribution is 8.11. The number of nitrogens with one attached hydrogen (secondary N) is 1. The number of hydrogen-bond donors (Lipinski definition) is 1. The van der Waals surface area contributed by atoms with Crippen LogP contribution in [0.15, 0.2) is 0 Å². The van der Waals surface area contributed by atoms with Crippen molar-refractivity contribution in [2.75, 3.05) is 33.2 Å². The van der Waals surface area contributed by atoms with E-state index in [1.807, 2.05) is 7.05 Å². The summed E-state index contributed by atoms with van der Waals surface area (Å²) < 4.78 is 4.74. The zero-order valence-corrected chi connectivity index (χ0v) is 7.79. The normalized spacial score (nSPS) is 26.9. The van der Waals surface area contributed by atoms with Crippen LogP contribution in [0, 0.1) is 0 Å². The summed E-state index contributed by atoms with van der Waals surface area (Å²) in [6.45, 7) is 3.44. The van der Waals surface area contributed by atoms with Gasteiger partial charge in [-0.3, -0.25) is 5.09 Å². The Balaban J connectivity index is 2.11. The maximum absolute atomic E-state index is 5.53. The summed E-state index contributed by atoms with van der Waals surface area (Å²) in [7, 11) is 1.98. The topological polar surface area (TPSA) is 18.0 Å². The highest BCUT2D eigenvalue weighted by Gasteiger charge is 2.42. The fourth-order valence-electron chi connectivity index (χ4n) is 1.09. The molecule has 3 nitrogen and oxygen atoms in total. The van der Waals surface area contributed by atoms with Gasteiger partial charge in [-0.25, -0.2) is 9.34 Å². The molecule has 0 aromatic heterocycles. The van der Waals surface area contributed by atoms with E-state index in [-0.39, 0.29) is 0 Å². The summed E-state index contributed by atoms with van der Waals surface area (Å²) in [6.07, 6.45) is 0. The van der Waals surface area contributed by atoms with Crippen molar-refractivity contribution >= 4 is 18.3 Å². The first kappa shape index (κ1) is 7.19. The van der Waals surface area contributed by atoms with Crippen LogP contribution in [0.1, 0.15) is 0 Å². The largest absolute Gasteiger partial charge is 0.268 e. The third-order valence-electron chi connectivity index (χ3n) is 1.91. The second kappa shape index (κ2) is 2.26. The highest BCUT2D eigenvalue weighted by atomic mass is 32.4. The van der Waals surface area contributed by atoms with E-state index in [0.29, 0.717) is 0 Å². The quantitative estimate of drug-likeness (QED) is 0.485. The zero-order valence-electron chi connectivity index (χ0n) is 6.08. The standard InChI is InChI=1S/C5H12N3PS/c1-6-9(10,7-2-3-7)8-4-5-8/h2-5H2,1H3,(H,6,10). The molecular weight excluding hydrogens is 165 g/mol. The fraction of sp³-hybridized carbons (Fsp3) is 1.00. The molecule has 1 N–H and O–H groups in total. The first-order chi connectivity index (χ1) is 4.77. The van der Waals surface area contributed by atoms with Crippen molar-refractivity contribution in [2.24, 2.45) is 0 Å². The predicted molar refractivity (Wildman–Crippen MR) is 46.5 cm³/mol. The van der Waals surface area contributed by atoms with Gasteiger partial charge in [0.2, 0.25) is 0 Å². The number of hydrogen-bond acceptors (Lipinski definition) is 1.